The normalized spacial score (nSPS) is 17.1. The Balaban J connectivity index is 1.23. The van der Waals surface area contributed by atoms with Gasteiger partial charge < -0.3 is 15.0 Å². The average molecular weight is 552 g/mol. The van der Waals surface area contributed by atoms with Gasteiger partial charge in [0.05, 0.1) is 13.2 Å². The Kier molecular flexibility index (Phi) is 10.00. The number of rotatable bonds is 10. The first kappa shape index (κ1) is 28.8. The number of carbonyl (C=O) groups is 2. The minimum absolute atomic E-state index is 0.116. The average Bonchev–Trinajstić information content (AvgIpc) is 3.02. The van der Waals surface area contributed by atoms with Gasteiger partial charge in [-0.05, 0) is 73.1 Å². The SMILES string of the molecule is CNCC(=O)N1CC=C(c2cccc(C(C(=O)OCC3CCN(Cc4ccccc4)CC3)c3ccccc3)c2)CC1. The molecule has 0 aromatic heterocycles. The van der Waals surface area contributed by atoms with Crippen molar-refractivity contribution in [2.24, 2.45) is 5.92 Å². The maximum atomic E-state index is 13.7. The van der Waals surface area contributed by atoms with E-state index >= 15 is 0 Å². The van der Waals surface area contributed by atoms with Gasteiger partial charge in [-0.25, -0.2) is 0 Å². The Hall–Kier alpha value is -3.74. The van der Waals surface area contributed by atoms with Gasteiger partial charge in [0.25, 0.3) is 0 Å². The Bertz CT molecular complexity index is 1320. The number of likely N-dealkylation sites (N-methyl/N-ethyl adjacent to an activating group) is 1. The molecule has 3 aromatic rings. The van der Waals surface area contributed by atoms with Crippen molar-refractivity contribution in [3.63, 3.8) is 0 Å². The number of hydrogen-bond donors (Lipinski definition) is 1. The molecular weight excluding hydrogens is 510 g/mol. The molecule has 0 saturated carbocycles. The molecule has 2 aliphatic rings. The van der Waals surface area contributed by atoms with E-state index in [1.807, 2.05) is 47.4 Å². The molecule has 0 radical (unpaired) electrons. The monoisotopic (exact) mass is 551 g/mol. The van der Waals surface area contributed by atoms with Crippen molar-refractivity contribution in [1.82, 2.24) is 15.1 Å². The summed E-state index contributed by atoms with van der Waals surface area (Å²) in [4.78, 5) is 30.3. The van der Waals surface area contributed by atoms with E-state index in [1.165, 1.54) is 11.1 Å². The van der Waals surface area contributed by atoms with Gasteiger partial charge in [-0.3, -0.25) is 14.5 Å². The van der Waals surface area contributed by atoms with Crippen LogP contribution in [0, 0.1) is 5.92 Å². The molecule has 1 saturated heterocycles. The van der Waals surface area contributed by atoms with E-state index in [4.69, 9.17) is 4.74 Å². The van der Waals surface area contributed by atoms with Crippen LogP contribution in [0.2, 0.25) is 0 Å². The van der Waals surface area contributed by atoms with Crippen LogP contribution in [-0.4, -0.2) is 68.1 Å². The minimum atomic E-state index is -0.479. The Morgan fingerprint density at radius 2 is 1.61 bits per heavy atom. The van der Waals surface area contributed by atoms with Crippen molar-refractivity contribution in [3.8, 4) is 0 Å². The van der Waals surface area contributed by atoms with Crippen LogP contribution in [0.1, 0.15) is 47.4 Å². The lowest BCUT2D eigenvalue weighted by Gasteiger charge is -2.32. The lowest BCUT2D eigenvalue weighted by molar-refractivity contribution is -0.146. The van der Waals surface area contributed by atoms with E-state index < -0.39 is 5.92 Å². The standard InChI is InChI=1S/C35H41N3O3/c1-36-24-33(39)38-21-17-29(18-22-38)31-13-8-14-32(23-31)34(30-11-6-3-7-12-30)35(40)41-26-28-15-19-37(20-16-28)25-27-9-4-2-5-10-27/h2-14,17,23,28,34,36H,15-16,18-22,24-26H2,1H3. The third kappa shape index (κ3) is 7.72. The van der Waals surface area contributed by atoms with Crippen LogP contribution in [0.4, 0.5) is 0 Å². The van der Waals surface area contributed by atoms with Crippen molar-refractivity contribution in [2.45, 2.75) is 31.7 Å². The zero-order chi connectivity index (χ0) is 28.4. The van der Waals surface area contributed by atoms with E-state index in [1.54, 1.807) is 7.05 Å². The second kappa shape index (κ2) is 14.2. The maximum absolute atomic E-state index is 13.7. The van der Waals surface area contributed by atoms with Crippen LogP contribution < -0.4 is 5.32 Å². The minimum Gasteiger partial charge on any atom is -0.465 e. The fraction of sp³-hybridized carbons (Fsp3) is 0.371. The molecule has 3 aromatic carbocycles. The number of ether oxygens (including phenoxy) is 1. The van der Waals surface area contributed by atoms with Crippen LogP contribution >= 0.6 is 0 Å². The highest BCUT2D eigenvalue weighted by Crippen LogP contribution is 2.31. The number of likely N-dealkylation sites (tertiary alicyclic amines) is 1. The van der Waals surface area contributed by atoms with Gasteiger partial charge >= 0.3 is 5.97 Å². The summed E-state index contributed by atoms with van der Waals surface area (Å²) in [6.45, 7) is 5.14. The summed E-state index contributed by atoms with van der Waals surface area (Å²) in [5, 5.41) is 2.94. The number of esters is 1. The molecule has 1 atom stereocenters. The van der Waals surface area contributed by atoms with Gasteiger partial charge in [-0.15, -0.1) is 0 Å². The molecule has 0 spiro atoms. The largest absolute Gasteiger partial charge is 0.465 e. The number of nitrogens with zero attached hydrogens (tertiary/aromatic N) is 2. The molecular formula is C35H41N3O3. The van der Waals surface area contributed by atoms with Crippen molar-refractivity contribution < 1.29 is 14.3 Å². The molecule has 214 valence electrons. The Morgan fingerprint density at radius 1 is 0.902 bits per heavy atom. The summed E-state index contributed by atoms with van der Waals surface area (Å²) < 4.78 is 6.03. The van der Waals surface area contributed by atoms with Crippen molar-refractivity contribution in [3.05, 3.63) is 113 Å². The third-order valence-corrected chi connectivity index (χ3v) is 8.27. The molecule has 1 N–H and O–H groups in total. The van der Waals surface area contributed by atoms with Gasteiger partial charge in [0.2, 0.25) is 5.91 Å². The number of piperidine rings is 1. The highest BCUT2D eigenvalue weighted by molar-refractivity contribution is 5.83. The first-order chi connectivity index (χ1) is 20.1. The summed E-state index contributed by atoms with van der Waals surface area (Å²) in [5.41, 5.74) is 5.53. The van der Waals surface area contributed by atoms with Crippen LogP contribution in [0.5, 0.6) is 0 Å². The van der Waals surface area contributed by atoms with Gasteiger partial charge in [0.1, 0.15) is 5.92 Å². The molecule has 6 nitrogen and oxygen atoms in total. The van der Waals surface area contributed by atoms with E-state index in [0.717, 1.165) is 55.6 Å². The van der Waals surface area contributed by atoms with Crippen LogP contribution in [0.25, 0.3) is 5.57 Å². The summed E-state index contributed by atoms with van der Waals surface area (Å²) in [6.07, 6.45) is 5.00. The molecule has 2 aliphatic heterocycles. The second-order valence-electron chi connectivity index (χ2n) is 11.2. The maximum Gasteiger partial charge on any atom is 0.317 e. The zero-order valence-corrected chi connectivity index (χ0v) is 24.0. The molecule has 41 heavy (non-hydrogen) atoms. The van der Waals surface area contributed by atoms with E-state index in [2.05, 4.69) is 58.8 Å². The zero-order valence-electron chi connectivity index (χ0n) is 24.0. The summed E-state index contributed by atoms with van der Waals surface area (Å²) in [7, 11) is 1.79. The highest BCUT2D eigenvalue weighted by atomic mass is 16.5. The first-order valence-electron chi connectivity index (χ1n) is 14.8. The van der Waals surface area contributed by atoms with E-state index in [9.17, 15) is 9.59 Å². The molecule has 1 fully saturated rings. The number of nitrogens with one attached hydrogen (secondary N) is 1. The van der Waals surface area contributed by atoms with Crippen molar-refractivity contribution >= 4 is 17.4 Å². The summed E-state index contributed by atoms with van der Waals surface area (Å²) in [5.74, 6) is -0.172. The molecule has 2 heterocycles. The third-order valence-electron chi connectivity index (χ3n) is 8.27. The molecule has 6 heteroatoms. The number of carbonyl (C=O) groups excluding carboxylic acids is 2. The van der Waals surface area contributed by atoms with Crippen molar-refractivity contribution in [1.29, 1.82) is 0 Å². The number of hydrogen-bond acceptors (Lipinski definition) is 5. The number of benzene rings is 3. The molecule has 5 rings (SSSR count). The van der Waals surface area contributed by atoms with Gasteiger partial charge in [-0.1, -0.05) is 91.0 Å². The van der Waals surface area contributed by atoms with E-state index in [0.29, 0.717) is 32.2 Å². The quantitative estimate of drug-likeness (QED) is 0.355. The van der Waals surface area contributed by atoms with Crippen LogP contribution in [0.15, 0.2) is 91.0 Å². The first-order valence-corrected chi connectivity index (χ1v) is 14.8. The van der Waals surface area contributed by atoms with Crippen LogP contribution in [-0.2, 0) is 20.9 Å². The number of amides is 1. The predicted octanol–water partition coefficient (Wildman–Crippen LogP) is 5.11. The van der Waals surface area contributed by atoms with Gasteiger partial charge in [0.15, 0.2) is 0 Å². The molecule has 1 amide bonds. The summed E-state index contributed by atoms with van der Waals surface area (Å²) in [6, 6.07) is 28.8. The second-order valence-corrected chi connectivity index (χ2v) is 11.2. The fourth-order valence-electron chi connectivity index (χ4n) is 5.89. The fourth-order valence-corrected chi connectivity index (χ4v) is 5.89. The lowest BCUT2D eigenvalue weighted by Crippen LogP contribution is -2.39. The predicted molar refractivity (Wildman–Crippen MR) is 163 cm³/mol. The summed E-state index contributed by atoms with van der Waals surface area (Å²) >= 11 is 0. The van der Waals surface area contributed by atoms with Crippen molar-refractivity contribution in [2.75, 3.05) is 46.4 Å². The molecule has 0 bridgehead atoms. The van der Waals surface area contributed by atoms with E-state index in [-0.39, 0.29) is 11.9 Å². The Morgan fingerprint density at radius 3 is 2.29 bits per heavy atom. The molecule has 0 aliphatic carbocycles. The lowest BCUT2D eigenvalue weighted by atomic mass is 9.88. The van der Waals surface area contributed by atoms with Gasteiger partial charge in [-0.2, -0.15) is 0 Å². The topological polar surface area (TPSA) is 61.9 Å². The smallest absolute Gasteiger partial charge is 0.317 e. The Labute approximate surface area is 244 Å². The van der Waals surface area contributed by atoms with Crippen LogP contribution in [0.3, 0.4) is 0 Å². The highest BCUT2D eigenvalue weighted by Gasteiger charge is 2.27. The molecule has 1 unspecified atom stereocenters. The van der Waals surface area contributed by atoms with Gasteiger partial charge in [0, 0.05) is 19.6 Å².